The maximum Gasteiger partial charge on any atom is 0.234 e. The summed E-state index contributed by atoms with van der Waals surface area (Å²) in [5.74, 6) is 0.0388. The molecular formula is C20H30N2O2. The van der Waals surface area contributed by atoms with Gasteiger partial charge in [0.2, 0.25) is 5.91 Å². The molecule has 0 radical (unpaired) electrons. The molecule has 132 valence electrons. The van der Waals surface area contributed by atoms with Crippen LogP contribution in [0.4, 0.5) is 0 Å². The Kier molecular flexibility index (Phi) is 5.57. The lowest BCUT2D eigenvalue weighted by Gasteiger charge is -2.31. The number of amides is 1. The van der Waals surface area contributed by atoms with Crippen molar-refractivity contribution in [2.24, 2.45) is 0 Å². The van der Waals surface area contributed by atoms with Crippen LogP contribution in [0.2, 0.25) is 0 Å². The molecule has 4 heteroatoms. The van der Waals surface area contributed by atoms with Crippen molar-refractivity contribution in [1.82, 2.24) is 10.6 Å². The third kappa shape index (κ3) is 3.81. The molecule has 0 aromatic heterocycles. The fraction of sp³-hybridized carbons (Fsp3) is 0.650. The molecule has 4 nitrogen and oxygen atoms in total. The first kappa shape index (κ1) is 17.4. The van der Waals surface area contributed by atoms with Gasteiger partial charge in [-0.2, -0.15) is 0 Å². The van der Waals surface area contributed by atoms with E-state index in [-0.39, 0.29) is 23.5 Å². The Morgan fingerprint density at radius 2 is 1.62 bits per heavy atom. The molecule has 3 rings (SSSR count). The largest absolute Gasteiger partial charge is 0.394 e. The van der Waals surface area contributed by atoms with Gasteiger partial charge in [0.1, 0.15) is 0 Å². The highest BCUT2D eigenvalue weighted by Crippen LogP contribution is 2.40. The number of hydrogen-bond donors (Lipinski definition) is 3. The van der Waals surface area contributed by atoms with Crippen molar-refractivity contribution >= 4 is 5.91 Å². The molecule has 1 aromatic carbocycles. The zero-order chi connectivity index (χ0) is 16.9. The highest BCUT2D eigenvalue weighted by atomic mass is 16.3. The Bertz CT molecular complexity index is 532. The third-order valence-corrected chi connectivity index (χ3v) is 6.06. The number of nitrogens with one attached hydrogen (secondary N) is 2. The second kappa shape index (κ2) is 7.66. The maximum absolute atomic E-state index is 12.3. The molecule has 2 saturated carbocycles. The lowest BCUT2D eigenvalue weighted by atomic mass is 9.79. The lowest BCUT2D eigenvalue weighted by molar-refractivity contribution is -0.121. The summed E-state index contributed by atoms with van der Waals surface area (Å²) in [4.78, 5) is 12.3. The molecule has 2 aliphatic carbocycles. The van der Waals surface area contributed by atoms with Gasteiger partial charge in [-0.05, 0) is 31.2 Å². The summed E-state index contributed by atoms with van der Waals surface area (Å²) < 4.78 is 0. The second-order valence-electron chi connectivity index (χ2n) is 7.63. The molecule has 0 saturated heterocycles. The van der Waals surface area contributed by atoms with E-state index in [0.29, 0.717) is 13.1 Å². The zero-order valence-corrected chi connectivity index (χ0v) is 14.5. The minimum Gasteiger partial charge on any atom is -0.394 e. The van der Waals surface area contributed by atoms with Gasteiger partial charge >= 0.3 is 0 Å². The summed E-state index contributed by atoms with van der Waals surface area (Å²) >= 11 is 0. The van der Waals surface area contributed by atoms with Crippen molar-refractivity contribution in [3.05, 3.63) is 35.9 Å². The van der Waals surface area contributed by atoms with Crippen LogP contribution in [0.25, 0.3) is 0 Å². The fourth-order valence-corrected chi connectivity index (χ4v) is 4.45. The first-order chi connectivity index (χ1) is 11.7. The van der Waals surface area contributed by atoms with Crippen LogP contribution < -0.4 is 10.6 Å². The average molecular weight is 330 g/mol. The molecule has 0 bridgehead atoms. The monoisotopic (exact) mass is 330 g/mol. The number of benzene rings is 1. The van der Waals surface area contributed by atoms with E-state index in [0.717, 1.165) is 38.5 Å². The fourth-order valence-electron chi connectivity index (χ4n) is 4.45. The van der Waals surface area contributed by atoms with Crippen LogP contribution in [0, 0.1) is 0 Å². The SMILES string of the molecule is O=C(CNC1(CO)CCCC1)NCC1(c2ccccc2)CCCC1. The first-order valence-corrected chi connectivity index (χ1v) is 9.36. The number of aliphatic hydroxyl groups is 1. The van der Waals surface area contributed by atoms with Crippen molar-refractivity contribution in [1.29, 1.82) is 0 Å². The van der Waals surface area contributed by atoms with E-state index in [2.05, 4.69) is 34.9 Å². The Labute approximate surface area is 145 Å². The number of carbonyl (C=O) groups excluding carboxylic acids is 1. The number of hydrogen-bond acceptors (Lipinski definition) is 3. The molecule has 0 atom stereocenters. The molecule has 0 spiro atoms. The van der Waals surface area contributed by atoms with Gasteiger partial charge in [-0.15, -0.1) is 0 Å². The van der Waals surface area contributed by atoms with Crippen LogP contribution in [0.15, 0.2) is 30.3 Å². The highest BCUT2D eigenvalue weighted by Gasteiger charge is 2.36. The van der Waals surface area contributed by atoms with Gasteiger partial charge in [-0.25, -0.2) is 0 Å². The third-order valence-electron chi connectivity index (χ3n) is 6.06. The molecule has 0 aliphatic heterocycles. The minimum absolute atomic E-state index is 0.0388. The summed E-state index contributed by atoms with van der Waals surface area (Å²) in [6, 6.07) is 10.6. The minimum atomic E-state index is -0.234. The summed E-state index contributed by atoms with van der Waals surface area (Å²) in [5.41, 5.74) is 1.21. The Morgan fingerprint density at radius 3 is 2.25 bits per heavy atom. The standard InChI is InChI=1S/C20H30N2O2/c23-16-20(12-6-7-13-20)22-14-18(24)21-15-19(10-4-5-11-19)17-8-2-1-3-9-17/h1-3,8-9,22-23H,4-7,10-16H2,(H,21,24). The van der Waals surface area contributed by atoms with E-state index in [1.54, 1.807) is 0 Å². The van der Waals surface area contributed by atoms with Crippen LogP contribution >= 0.6 is 0 Å². The maximum atomic E-state index is 12.3. The molecule has 0 unspecified atom stereocenters. The lowest BCUT2D eigenvalue weighted by Crippen LogP contribution is -2.51. The molecule has 1 aromatic rings. The van der Waals surface area contributed by atoms with Crippen LogP contribution in [0.5, 0.6) is 0 Å². The second-order valence-corrected chi connectivity index (χ2v) is 7.63. The van der Waals surface area contributed by atoms with Gasteiger partial charge in [0.25, 0.3) is 0 Å². The van der Waals surface area contributed by atoms with Gasteiger partial charge in [0, 0.05) is 17.5 Å². The normalized spacial score (nSPS) is 21.7. The van der Waals surface area contributed by atoms with Crippen LogP contribution in [-0.2, 0) is 10.2 Å². The number of rotatable bonds is 7. The molecule has 2 aliphatic rings. The van der Waals surface area contributed by atoms with Crippen LogP contribution in [0.1, 0.15) is 56.9 Å². The van der Waals surface area contributed by atoms with E-state index in [1.165, 1.54) is 18.4 Å². The van der Waals surface area contributed by atoms with Crippen molar-refractivity contribution < 1.29 is 9.90 Å². The van der Waals surface area contributed by atoms with Crippen LogP contribution in [0.3, 0.4) is 0 Å². The van der Waals surface area contributed by atoms with Gasteiger partial charge in [-0.1, -0.05) is 56.0 Å². The Hall–Kier alpha value is -1.39. The number of carbonyl (C=O) groups is 1. The summed E-state index contributed by atoms with van der Waals surface area (Å²) in [7, 11) is 0. The van der Waals surface area contributed by atoms with E-state index < -0.39 is 0 Å². The number of aliphatic hydroxyl groups excluding tert-OH is 1. The quantitative estimate of drug-likeness (QED) is 0.720. The first-order valence-electron chi connectivity index (χ1n) is 9.36. The Balaban J connectivity index is 1.54. The van der Waals surface area contributed by atoms with Crippen LogP contribution in [-0.4, -0.2) is 36.2 Å². The van der Waals surface area contributed by atoms with Gasteiger partial charge in [0.05, 0.1) is 13.2 Å². The smallest absolute Gasteiger partial charge is 0.234 e. The zero-order valence-electron chi connectivity index (χ0n) is 14.5. The van der Waals surface area contributed by atoms with Crippen molar-refractivity contribution in [2.75, 3.05) is 19.7 Å². The molecule has 1 amide bonds. The van der Waals surface area contributed by atoms with Gasteiger partial charge < -0.3 is 15.7 Å². The van der Waals surface area contributed by atoms with Crippen molar-refractivity contribution in [3.8, 4) is 0 Å². The Morgan fingerprint density at radius 1 is 1.00 bits per heavy atom. The predicted octanol–water partition coefficient (Wildman–Crippen LogP) is 2.51. The summed E-state index contributed by atoms with van der Waals surface area (Å²) in [5, 5.41) is 16.1. The molecular weight excluding hydrogens is 300 g/mol. The highest BCUT2D eigenvalue weighted by molar-refractivity contribution is 5.78. The molecule has 2 fully saturated rings. The topological polar surface area (TPSA) is 61.4 Å². The molecule has 3 N–H and O–H groups in total. The van der Waals surface area contributed by atoms with Gasteiger partial charge in [0.15, 0.2) is 0 Å². The summed E-state index contributed by atoms with van der Waals surface area (Å²) in [6.45, 7) is 1.13. The van der Waals surface area contributed by atoms with E-state index in [9.17, 15) is 9.90 Å². The molecule has 24 heavy (non-hydrogen) atoms. The average Bonchev–Trinajstić information content (AvgIpc) is 3.30. The van der Waals surface area contributed by atoms with Crippen molar-refractivity contribution in [3.63, 3.8) is 0 Å². The van der Waals surface area contributed by atoms with E-state index in [4.69, 9.17) is 0 Å². The molecule has 0 heterocycles. The van der Waals surface area contributed by atoms with E-state index >= 15 is 0 Å². The predicted molar refractivity (Wildman–Crippen MR) is 95.9 cm³/mol. The van der Waals surface area contributed by atoms with Crippen molar-refractivity contribution in [2.45, 2.75) is 62.3 Å². The van der Waals surface area contributed by atoms with Gasteiger partial charge in [-0.3, -0.25) is 4.79 Å². The summed E-state index contributed by atoms with van der Waals surface area (Å²) in [6.07, 6.45) is 8.94. The van der Waals surface area contributed by atoms with E-state index in [1.807, 2.05) is 6.07 Å².